The number of benzene rings is 1. The van der Waals surface area contributed by atoms with Gasteiger partial charge in [0.05, 0.1) is 12.1 Å². The van der Waals surface area contributed by atoms with E-state index in [2.05, 4.69) is 40.4 Å². The molecule has 1 heterocycles. The summed E-state index contributed by atoms with van der Waals surface area (Å²) in [6.07, 6.45) is 3.07. The van der Waals surface area contributed by atoms with E-state index in [0.29, 0.717) is 6.42 Å². The predicted octanol–water partition coefficient (Wildman–Crippen LogP) is 4.88. The number of cyclic esters (lactones) is 1. The second kappa shape index (κ2) is 9.49. The molecule has 160 valence electrons. The third-order valence-electron chi connectivity index (χ3n) is 5.78. The van der Waals surface area contributed by atoms with Gasteiger partial charge in [0.1, 0.15) is 11.9 Å². The van der Waals surface area contributed by atoms with Gasteiger partial charge in [-0.1, -0.05) is 57.2 Å². The van der Waals surface area contributed by atoms with E-state index in [9.17, 15) is 9.59 Å². The van der Waals surface area contributed by atoms with E-state index < -0.39 is 25.8 Å². The molecule has 0 aromatic heterocycles. The van der Waals surface area contributed by atoms with Crippen LogP contribution in [0.1, 0.15) is 26.3 Å². The zero-order chi connectivity index (χ0) is 21.8. The minimum atomic E-state index is -2.12. The Labute approximate surface area is 180 Å². The first-order valence-electron chi connectivity index (χ1n) is 9.88. The Morgan fingerprint density at radius 2 is 2.00 bits per heavy atom. The van der Waals surface area contributed by atoms with Crippen LogP contribution in [0.15, 0.2) is 43.0 Å². The number of nitrogens with zero attached hydrogens (tertiary/aromatic N) is 1. The molecular weight excluding hydrogens is 402 g/mol. The molecule has 2 rings (SSSR count). The molecule has 0 aliphatic carbocycles. The van der Waals surface area contributed by atoms with E-state index in [1.54, 1.807) is 6.08 Å². The fraction of sp³-hybridized carbons (Fsp3) is 0.545. The van der Waals surface area contributed by atoms with Gasteiger partial charge in [0.2, 0.25) is 5.91 Å². The second-order valence-electron chi connectivity index (χ2n) is 8.86. The molecule has 3 atom stereocenters. The summed E-state index contributed by atoms with van der Waals surface area (Å²) in [7, 11) is -2.12. The maximum absolute atomic E-state index is 13.4. The largest absolute Gasteiger partial charge is 0.447 e. The highest BCUT2D eigenvalue weighted by Gasteiger charge is 2.45. The van der Waals surface area contributed by atoms with Gasteiger partial charge in [-0.15, -0.1) is 18.3 Å². The van der Waals surface area contributed by atoms with Gasteiger partial charge >= 0.3 is 6.09 Å². The normalized spacial score (nSPS) is 19.6. The molecule has 2 amide bonds. The topological polar surface area (TPSA) is 55.8 Å². The van der Waals surface area contributed by atoms with Crippen LogP contribution in [0.5, 0.6) is 0 Å². The Balaban J connectivity index is 2.22. The Morgan fingerprint density at radius 1 is 1.38 bits per heavy atom. The molecule has 0 radical (unpaired) electrons. The molecule has 0 bridgehead atoms. The lowest BCUT2D eigenvalue weighted by molar-refractivity contribution is -0.129. The summed E-state index contributed by atoms with van der Waals surface area (Å²) in [4.78, 5) is 27.1. The van der Waals surface area contributed by atoms with Crippen molar-refractivity contribution in [3.8, 4) is 0 Å². The van der Waals surface area contributed by atoms with Crippen molar-refractivity contribution in [1.29, 1.82) is 0 Å². The lowest BCUT2D eigenvalue weighted by Gasteiger charge is -2.40. The number of carbonyl (C=O) groups is 2. The zero-order valence-corrected chi connectivity index (χ0v) is 20.1. The van der Waals surface area contributed by atoms with Gasteiger partial charge in [0.25, 0.3) is 0 Å². The number of amides is 2. The molecular formula is C22H33NO4SSi. The van der Waals surface area contributed by atoms with Crippen LogP contribution in [0.4, 0.5) is 4.79 Å². The smallest absolute Gasteiger partial charge is 0.417 e. The van der Waals surface area contributed by atoms with E-state index in [-0.39, 0.29) is 23.6 Å². The third-order valence-corrected chi connectivity index (χ3v) is 11.2. The van der Waals surface area contributed by atoms with Gasteiger partial charge < -0.3 is 9.16 Å². The quantitative estimate of drug-likeness (QED) is 0.430. The zero-order valence-electron chi connectivity index (χ0n) is 18.3. The first-order chi connectivity index (χ1) is 13.5. The Bertz CT molecular complexity index is 732. The van der Waals surface area contributed by atoms with Gasteiger partial charge in [-0.3, -0.25) is 4.79 Å². The minimum Gasteiger partial charge on any atom is -0.447 e. The van der Waals surface area contributed by atoms with Crippen molar-refractivity contribution in [3.63, 3.8) is 0 Å². The van der Waals surface area contributed by atoms with Crippen molar-refractivity contribution in [2.75, 3.05) is 12.9 Å². The Hall–Kier alpha value is -1.57. The predicted molar refractivity (Wildman–Crippen MR) is 122 cm³/mol. The van der Waals surface area contributed by atoms with E-state index in [0.717, 1.165) is 5.56 Å². The summed E-state index contributed by atoms with van der Waals surface area (Å²) in [5.41, 5.74) is 1.06. The molecule has 1 fully saturated rings. The third kappa shape index (κ3) is 5.52. The van der Waals surface area contributed by atoms with Crippen molar-refractivity contribution in [1.82, 2.24) is 4.90 Å². The number of imide groups is 1. The summed E-state index contributed by atoms with van der Waals surface area (Å²) in [6, 6.07) is 9.51. The standard InChI is InChI=1S/C22H33NO4SSi/c1-8-18(27-29(6,7)22(2,3)4)19(28-5)20(24)23-17(15-26-21(23)25)14-16-12-10-9-11-13-16/h8-13,17-19H,1,14-15H2,2-7H3/t17-,18+,19-/m0/s1. The average molecular weight is 436 g/mol. The number of rotatable bonds is 8. The minimum absolute atomic E-state index is 0.00266. The number of carbonyl (C=O) groups excluding carboxylic acids is 2. The van der Waals surface area contributed by atoms with Crippen LogP contribution in [0, 0.1) is 0 Å². The second-order valence-corrected chi connectivity index (χ2v) is 14.6. The molecule has 1 aromatic rings. The SMILES string of the molecule is C=C[C@@H](O[Si](C)(C)C(C)(C)C)[C@H](SC)C(=O)N1C(=O)OC[C@@H]1Cc1ccccc1. The molecule has 7 heteroatoms. The van der Waals surface area contributed by atoms with E-state index in [1.165, 1.54) is 16.7 Å². The van der Waals surface area contributed by atoms with E-state index in [4.69, 9.17) is 9.16 Å². The molecule has 0 unspecified atom stereocenters. The number of ether oxygens (including phenoxy) is 1. The van der Waals surface area contributed by atoms with Crippen LogP contribution in [0.2, 0.25) is 18.1 Å². The first kappa shape index (κ1) is 23.7. The van der Waals surface area contributed by atoms with Crippen LogP contribution < -0.4 is 0 Å². The molecule has 29 heavy (non-hydrogen) atoms. The molecule has 0 saturated carbocycles. The maximum atomic E-state index is 13.4. The van der Waals surface area contributed by atoms with Crippen molar-refractivity contribution in [3.05, 3.63) is 48.6 Å². The van der Waals surface area contributed by atoms with Gasteiger partial charge in [-0.2, -0.15) is 0 Å². The summed E-state index contributed by atoms with van der Waals surface area (Å²) < 4.78 is 11.7. The summed E-state index contributed by atoms with van der Waals surface area (Å²) in [6.45, 7) is 14.9. The Morgan fingerprint density at radius 3 is 2.52 bits per heavy atom. The number of thioether (sulfide) groups is 1. The van der Waals surface area contributed by atoms with Crippen LogP contribution in [-0.4, -0.2) is 55.5 Å². The lowest BCUT2D eigenvalue weighted by atomic mass is 10.1. The maximum Gasteiger partial charge on any atom is 0.417 e. The van der Waals surface area contributed by atoms with Crippen LogP contribution >= 0.6 is 11.8 Å². The van der Waals surface area contributed by atoms with Crippen LogP contribution in [0.25, 0.3) is 0 Å². The fourth-order valence-electron chi connectivity index (χ4n) is 3.03. The van der Waals surface area contributed by atoms with Crippen molar-refractivity contribution >= 4 is 32.1 Å². The molecule has 0 N–H and O–H groups in total. The molecule has 1 aromatic carbocycles. The van der Waals surface area contributed by atoms with Gasteiger partial charge in [-0.25, -0.2) is 9.69 Å². The van der Waals surface area contributed by atoms with Crippen LogP contribution in [-0.2, 0) is 20.4 Å². The average Bonchev–Trinajstić information content (AvgIpc) is 3.01. The van der Waals surface area contributed by atoms with Crippen molar-refractivity contribution < 1.29 is 18.8 Å². The molecule has 1 aliphatic rings. The van der Waals surface area contributed by atoms with Gasteiger partial charge in [-0.05, 0) is 36.4 Å². The summed E-state index contributed by atoms with van der Waals surface area (Å²) in [5, 5.41) is -0.548. The van der Waals surface area contributed by atoms with Gasteiger partial charge in [0.15, 0.2) is 8.32 Å². The van der Waals surface area contributed by atoms with Crippen molar-refractivity contribution in [2.24, 2.45) is 0 Å². The van der Waals surface area contributed by atoms with Gasteiger partial charge in [0, 0.05) is 0 Å². The lowest BCUT2D eigenvalue weighted by Crippen LogP contribution is -2.52. The summed E-state index contributed by atoms with van der Waals surface area (Å²) in [5.74, 6) is -0.274. The number of hydrogen-bond acceptors (Lipinski definition) is 5. The van der Waals surface area contributed by atoms with Crippen LogP contribution in [0.3, 0.4) is 0 Å². The number of hydrogen-bond donors (Lipinski definition) is 0. The van der Waals surface area contributed by atoms with Crippen molar-refractivity contribution in [2.45, 2.75) is 62.7 Å². The highest BCUT2D eigenvalue weighted by atomic mass is 32.2. The van der Waals surface area contributed by atoms with E-state index >= 15 is 0 Å². The summed E-state index contributed by atoms with van der Waals surface area (Å²) >= 11 is 1.39. The molecule has 1 aliphatic heterocycles. The molecule has 0 spiro atoms. The molecule has 5 nitrogen and oxygen atoms in total. The highest BCUT2D eigenvalue weighted by Crippen LogP contribution is 2.38. The highest BCUT2D eigenvalue weighted by molar-refractivity contribution is 8.00. The molecule has 1 saturated heterocycles. The monoisotopic (exact) mass is 435 g/mol. The Kier molecular flexibility index (Phi) is 7.76. The fourth-order valence-corrected chi connectivity index (χ4v) is 5.14. The first-order valence-corrected chi connectivity index (χ1v) is 14.1. The van der Waals surface area contributed by atoms with E-state index in [1.807, 2.05) is 36.6 Å².